The van der Waals surface area contributed by atoms with Crippen molar-refractivity contribution >= 4 is 5.69 Å². The fraction of sp³-hybridized carbons (Fsp3) is 0.455. The lowest BCUT2D eigenvalue weighted by molar-refractivity contribution is 0.979. The summed E-state index contributed by atoms with van der Waals surface area (Å²) in [4.78, 5) is 0. The molecule has 0 unspecified atom stereocenters. The van der Waals surface area contributed by atoms with Crippen LogP contribution in [0.15, 0.2) is 18.2 Å². The van der Waals surface area contributed by atoms with E-state index >= 15 is 0 Å². The fourth-order valence-corrected chi connectivity index (χ4v) is 1.09. The molecule has 0 amide bonds. The maximum absolute atomic E-state index is 3.05. The monoisotopic (exact) mass is 180 g/mol. The Morgan fingerprint density at radius 1 is 1.08 bits per heavy atom. The Morgan fingerprint density at radius 3 is 2.15 bits per heavy atom. The highest BCUT2D eigenvalue weighted by Gasteiger charge is 1.94. The molecule has 74 valence electrons. The molecular formula is C11H20N2. The minimum atomic E-state index is 1.14. The van der Waals surface area contributed by atoms with Crippen molar-refractivity contribution < 1.29 is 0 Å². The van der Waals surface area contributed by atoms with E-state index in [-0.39, 0.29) is 0 Å². The summed E-state index contributed by atoms with van der Waals surface area (Å²) in [5.74, 6) is 0. The second kappa shape index (κ2) is 6.49. The number of anilines is 1. The van der Waals surface area contributed by atoms with Crippen LogP contribution in [-0.2, 0) is 0 Å². The summed E-state index contributed by atoms with van der Waals surface area (Å²) < 4.78 is 0. The van der Waals surface area contributed by atoms with E-state index in [1.807, 2.05) is 20.9 Å². The van der Waals surface area contributed by atoms with E-state index in [4.69, 9.17) is 0 Å². The van der Waals surface area contributed by atoms with Gasteiger partial charge in [-0.15, -0.1) is 0 Å². The smallest absolute Gasteiger partial charge is 0.0516 e. The molecule has 2 heteroatoms. The molecule has 1 aromatic rings. The lowest BCUT2D eigenvalue weighted by atomic mass is 10.1. The van der Waals surface area contributed by atoms with E-state index in [0.29, 0.717) is 0 Å². The van der Waals surface area contributed by atoms with Gasteiger partial charge in [0.25, 0.3) is 0 Å². The molecule has 0 atom stereocenters. The molecule has 0 bridgehead atoms. The summed E-state index contributed by atoms with van der Waals surface area (Å²) in [6, 6.07) is 6.31. The van der Waals surface area contributed by atoms with E-state index in [1.54, 1.807) is 0 Å². The predicted octanol–water partition coefficient (Wildman–Crippen LogP) is 2.88. The van der Waals surface area contributed by atoms with Crippen molar-refractivity contribution in [3.05, 3.63) is 29.3 Å². The molecule has 0 saturated heterocycles. The lowest BCUT2D eigenvalue weighted by Gasteiger charge is -2.07. The van der Waals surface area contributed by atoms with Crippen molar-refractivity contribution in [2.45, 2.75) is 27.7 Å². The van der Waals surface area contributed by atoms with Gasteiger partial charge in [0.1, 0.15) is 0 Å². The minimum absolute atomic E-state index is 1.14. The second-order valence-corrected chi connectivity index (χ2v) is 2.69. The van der Waals surface area contributed by atoms with Crippen molar-refractivity contribution in [3.8, 4) is 0 Å². The summed E-state index contributed by atoms with van der Waals surface area (Å²) in [7, 11) is 1.86. The van der Waals surface area contributed by atoms with Crippen LogP contribution in [0.3, 0.4) is 0 Å². The van der Waals surface area contributed by atoms with Crippen LogP contribution in [0.25, 0.3) is 0 Å². The van der Waals surface area contributed by atoms with Gasteiger partial charge in [-0.1, -0.05) is 31.5 Å². The molecule has 0 saturated carbocycles. The summed E-state index contributed by atoms with van der Waals surface area (Å²) in [6.07, 6.45) is 0. The standard InChI is InChI=1S/C9H14N2.C2H6/c1-7-4-5-9(11-10-3)8(2)6-7;1-2/h4-6,10-11H,1-3H3;1-2H3. The molecule has 2 N–H and O–H groups in total. The Labute approximate surface area is 81.3 Å². The number of hydrogen-bond donors (Lipinski definition) is 2. The highest BCUT2D eigenvalue weighted by atomic mass is 15.3. The van der Waals surface area contributed by atoms with Crippen LogP contribution in [0.1, 0.15) is 25.0 Å². The lowest BCUT2D eigenvalue weighted by Crippen LogP contribution is -2.15. The Hall–Kier alpha value is -1.02. The molecule has 0 spiro atoms. The molecule has 13 heavy (non-hydrogen) atoms. The molecule has 0 radical (unpaired) electrons. The maximum Gasteiger partial charge on any atom is 0.0516 e. The zero-order valence-corrected chi connectivity index (χ0v) is 9.23. The third kappa shape index (κ3) is 3.95. The van der Waals surface area contributed by atoms with Gasteiger partial charge in [-0.2, -0.15) is 0 Å². The third-order valence-corrected chi connectivity index (χ3v) is 1.64. The molecule has 0 heterocycles. The fourth-order valence-electron chi connectivity index (χ4n) is 1.09. The van der Waals surface area contributed by atoms with E-state index in [0.717, 1.165) is 5.69 Å². The van der Waals surface area contributed by atoms with Gasteiger partial charge >= 0.3 is 0 Å². The summed E-state index contributed by atoms with van der Waals surface area (Å²) >= 11 is 0. The molecule has 2 nitrogen and oxygen atoms in total. The molecular weight excluding hydrogens is 160 g/mol. The van der Waals surface area contributed by atoms with Crippen molar-refractivity contribution in [1.82, 2.24) is 5.43 Å². The quantitative estimate of drug-likeness (QED) is 0.684. The van der Waals surface area contributed by atoms with E-state index in [2.05, 4.69) is 42.9 Å². The molecule has 0 aliphatic heterocycles. The van der Waals surface area contributed by atoms with Crippen LogP contribution in [0.5, 0.6) is 0 Å². The Bertz CT molecular complexity index is 244. The molecule has 0 aliphatic rings. The molecule has 1 aromatic carbocycles. The number of nitrogens with one attached hydrogen (secondary N) is 2. The number of benzene rings is 1. The van der Waals surface area contributed by atoms with Gasteiger partial charge in [0.05, 0.1) is 5.69 Å². The Morgan fingerprint density at radius 2 is 1.69 bits per heavy atom. The normalized spacial score (nSPS) is 8.69. The molecule has 0 aliphatic carbocycles. The van der Waals surface area contributed by atoms with Gasteiger partial charge in [0.2, 0.25) is 0 Å². The van der Waals surface area contributed by atoms with Crippen LogP contribution in [0, 0.1) is 13.8 Å². The van der Waals surface area contributed by atoms with Gasteiger partial charge in [-0.3, -0.25) is 0 Å². The van der Waals surface area contributed by atoms with Crippen LogP contribution >= 0.6 is 0 Å². The zero-order chi connectivity index (χ0) is 10.3. The summed E-state index contributed by atoms with van der Waals surface area (Å²) in [5, 5.41) is 0. The highest BCUT2D eigenvalue weighted by molar-refractivity contribution is 5.50. The SMILES string of the molecule is CC.CNNc1ccc(C)cc1C. The average molecular weight is 180 g/mol. The summed E-state index contributed by atoms with van der Waals surface area (Å²) in [6.45, 7) is 8.18. The topological polar surface area (TPSA) is 24.1 Å². The van der Waals surface area contributed by atoms with Gasteiger partial charge < -0.3 is 5.43 Å². The van der Waals surface area contributed by atoms with Gasteiger partial charge in [-0.05, 0) is 25.5 Å². The molecule has 0 fully saturated rings. The van der Waals surface area contributed by atoms with Crippen LogP contribution in [0.4, 0.5) is 5.69 Å². The Balaban J connectivity index is 0.000000671. The molecule has 0 aromatic heterocycles. The number of aryl methyl sites for hydroxylation is 2. The molecule has 1 rings (SSSR count). The van der Waals surface area contributed by atoms with Crippen molar-refractivity contribution in [2.75, 3.05) is 12.5 Å². The van der Waals surface area contributed by atoms with Crippen molar-refractivity contribution in [3.63, 3.8) is 0 Å². The minimum Gasteiger partial charge on any atom is -0.321 e. The first kappa shape index (κ1) is 12.0. The number of hydrogen-bond acceptors (Lipinski definition) is 2. The van der Waals surface area contributed by atoms with Crippen molar-refractivity contribution in [1.29, 1.82) is 0 Å². The predicted molar refractivity (Wildman–Crippen MR) is 59.9 cm³/mol. The van der Waals surface area contributed by atoms with Gasteiger partial charge in [-0.25, -0.2) is 5.43 Å². The van der Waals surface area contributed by atoms with E-state index < -0.39 is 0 Å². The van der Waals surface area contributed by atoms with E-state index in [1.165, 1.54) is 11.1 Å². The highest BCUT2D eigenvalue weighted by Crippen LogP contribution is 2.14. The van der Waals surface area contributed by atoms with Crippen LogP contribution in [-0.4, -0.2) is 7.05 Å². The first-order valence-electron chi connectivity index (χ1n) is 4.74. The summed E-state index contributed by atoms with van der Waals surface area (Å²) in [5.41, 5.74) is 9.64. The average Bonchev–Trinajstić information content (AvgIpc) is 2.14. The Kier molecular flexibility index (Phi) is 5.98. The van der Waals surface area contributed by atoms with E-state index in [9.17, 15) is 0 Å². The third-order valence-electron chi connectivity index (χ3n) is 1.64. The zero-order valence-electron chi connectivity index (χ0n) is 9.23. The largest absolute Gasteiger partial charge is 0.321 e. The van der Waals surface area contributed by atoms with Gasteiger partial charge in [0, 0.05) is 7.05 Å². The first-order chi connectivity index (χ1) is 6.24. The second-order valence-electron chi connectivity index (χ2n) is 2.69. The maximum atomic E-state index is 3.05. The number of rotatable bonds is 2. The van der Waals surface area contributed by atoms with Crippen LogP contribution in [0.2, 0.25) is 0 Å². The first-order valence-corrected chi connectivity index (χ1v) is 4.74. The van der Waals surface area contributed by atoms with Crippen molar-refractivity contribution in [2.24, 2.45) is 0 Å². The van der Waals surface area contributed by atoms with Crippen LogP contribution < -0.4 is 10.9 Å². The van der Waals surface area contributed by atoms with Gasteiger partial charge in [0.15, 0.2) is 0 Å². The number of hydrazine groups is 1.